The number of phenols is 2. The summed E-state index contributed by atoms with van der Waals surface area (Å²) in [5, 5.41) is 23.0. The molecule has 0 fully saturated rings. The maximum Gasteiger partial charge on any atom is 0.192 e. The molecule has 5 heteroatoms. The van der Waals surface area contributed by atoms with E-state index < -0.39 is 8.32 Å². The highest BCUT2D eigenvalue weighted by Gasteiger charge is 2.40. The Labute approximate surface area is 192 Å². The van der Waals surface area contributed by atoms with Crippen molar-refractivity contribution in [3.63, 3.8) is 0 Å². The van der Waals surface area contributed by atoms with Gasteiger partial charge in [-0.1, -0.05) is 63.2 Å². The second-order valence-corrected chi connectivity index (χ2v) is 14.4. The first-order valence-corrected chi connectivity index (χ1v) is 13.8. The highest BCUT2D eigenvalue weighted by Crippen LogP contribution is 2.49. The molecule has 0 spiro atoms. The molecule has 0 aromatic heterocycles. The summed E-state index contributed by atoms with van der Waals surface area (Å²) in [6.07, 6.45) is 2.29. The predicted octanol–water partition coefficient (Wildman–Crippen LogP) is 7.57. The van der Waals surface area contributed by atoms with Crippen LogP contribution < -0.4 is 4.74 Å². The average Bonchev–Trinajstić information content (AvgIpc) is 2.71. The quantitative estimate of drug-likeness (QED) is 0.288. The van der Waals surface area contributed by atoms with Crippen LogP contribution in [0.5, 0.6) is 17.2 Å². The number of fused-ring (bicyclic) bond motifs is 1. The van der Waals surface area contributed by atoms with Crippen molar-refractivity contribution in [3.05, 3.63) is 66.7 Å². The summed E-state index contributed by atoms with van der Waals surface area (Å²) in [6, 6.07) is 15.1. The van der Waals surface area contributed by atoms with Crippen LogP contribution in [0.2, 0.25) is 18.1 Å². The normalized spacial score (nSPS) is 13.2. The van der Waals surface area contributed by atoms with E-state index >= 15 is 0 Å². The van der Waals surface area contributed by atoms with Crippen molar-refractivity contribution < 1.29 is 19.4 Å². The van der Waals surface area contributed by atoms with Crippen LogP contribution in [0.4, 0.5) is 0 Å². The van der Waals surface area contributed by atoms with E-state index in [9.17, 15) is 10.2 Å². The highest BCUT2D eigenvalue weighted by molar-refractivity contribution is 6.74. The first-order chi connectivity index (χ1) is 15.0. The topological polar surface area (TPSA) is 58.9 Å². The molecule has 0 saturated carbocycles. The van der Waals surface area contributed by atoms with Gasteiger partial charge in [0.2, 0.25) is 0 Å². The average molecular weight is 451 g/mol. The predicted molar refractivity (Wildman–Crippen MR) is 135 cm³/mol. The van der Waals surface area contributed by atoms with Gasteiger partial charge < -0.3 is 19.4 Å². The lowest BCUT2D eigenvalue weighted by Crippen LogP contribution is -2.41. The summed E-state index contributed by atoms with van der Waals surface area (Å²) in [5.41, 5.74) is 2.36. The van der Waals surface area contributed by atoms with Gasteiger partial charge in [0.25, 0.3) is 0 Å². The first kappa shape index (κ1) is 23.9. The van der Waals surface area contributed by atoms with Crippen LogP contribution >= 0.6 is 0 Å². The largest absolute Gasteiger partial charge is 0.508 e. The van der Waals surface area contributed by atoms with Crippen molar-refractivity contribution in [2.24, 2.45) is 0 Å². The Morgan fingerprint density at radius 1 is 1.03 bits per heavy atom. The van der Waals surface area contributed by atoms with Crippen LogP contribution in [0.3, 0.4) is 0 Å². The smallest absolute Gasteiger partial charge is 0.192 e. The third-order valence-corrected chi connectivity index (χ3v) is 11.0. The van der Waals surface area contributed by atoms with Gasteiger partial charge in [-0.3, -0.25) is 0 Å². The fourth-order valence-corrected chi connectivity index (χ4v) is 5.05. The second kappa shape index (κ2) is 9.00. The molecule has 170 valence electrons. The van der Waals surface area contributed by atoms with E-state index in [1.807, 2.05) is 30.3 Å². The van der Waals surface area contributed by atoms with E-state index in [0.29, 0.717) is 17.7 Å². The highest BCUT2D eigenvalue weighted by atomic mass is 28.4. The molecule has 32 heavy (non-hydrogen) atoms. The lowest BCUT2D eigenvalue weighted by molar-refractivity contribution is 0.187. The van der Waals surface area contributed by atoms with Crippen molar-refractivity contribution >= 4 is 19.1 Å². The standard InChI is InChI=1S/C27H34O4Si/c1-8-11-23(31-32(6,7)27(2,3)4)21-15-14-18-12-9-10-13-20(18)25(21)26-22(29)16-19(28)17-24(26)30-5/h8-10,12-17,23,28-29H,1,11H2,2-7H3/t23-/m1/s1. The van der Waals surface area contributed by atoms with Gasteiger partial charge in [-0.15, -0.1) is 6.58 Å². The molecule has 4 nitrogen and oxygen atoms in total. The number of hydrogen-bond acceptors (Lipinski definition) is 4. The van der Waals surface area contributed by atoms with Crippen molar-refractivity contribution in [1.29, 1.82) is 0 Å². The number of benzene rings is 3. The van der Waals surface area contributed by atoms with Gasteiger partial charge in [0.15, 0.2) is 8.32 Å². The van der Waals surface area contributed by atoms with Crippen molar-refractivity contribution in [1.82, 2.24) is 0 Å². The Morgan fingerprint density at radius 2 is 1.72 bits per heavy atom. The Balaban J connectivity index is 2.35. The minimum Gasteiger partial charge on any atom is -0.508 e. The van der Waals surface area contributed by atoms with E-state index in [4.69, 9.17) is 9.16 Å². The zero-order chi connectivity index (χ0) is 23.7. The molecule has 0 unspecified atom stereocenters. The molecule has 3 aromatic rings. The van der Waals surface area contributed by atoms with E-state index in [1.54, 1.807) is 0 Å². The van der Waals surface area contributed by atoms with Gasteiger partial charge in [-0.25, -0.2) is 0 Å². The molecule has 0 aliphatic carbocycles. The maximum atomic E-state index is 10.9. The fraction of sp³-hybridized carbons (Fsp3) is 0.333. The van der Waals surface area contributed by atoms with Gasteiger partial charge in [0.1, 0.15) is 17.2 Å². The molecule has 0 heterocycles. The number of methoxy groups -OCH3 is 1. The maximum absolute atomic E-state index is 10.9. The number of phenolic OH excluding ortho intramolecular Hbond substituents is 2. The molecule has 0 radical (unpaired) electrons. The molecule has 0 aliphatic rings. The SMILES string of the molecule is C=CC[C@@H](O[Si](C)(C)C(C)(C)C)c1ccc2ccccc2c1-c1c(O)cc(O)cc1OC. The minimum atomic E-state index is -2.11. The molecule has 0 saturated heterocycles. The summed E-state index contributed by atoms with van der Waals surface area (Å²) >= 11 is 0. The number of rotatable bonds is 7. The van der Waals surface area contributed by atoms with Gasteiger partial charge in [0.05, 0.1) is 18.8 Å². The zero-order valence-corrected chi connectivity index (χ0v) is 20.9. The summed E-state index contributed by atoms with van der Waals surface area (Å²) in [4.78, 5) is 0. The lowest BCUT2D eigenvalue weighted by Gasteiger charge is -2.40. The van der Waals surface area contributed by atoms with E-state index in [2.05, 4.69) is 52.6 Å². The fourth-order valence-electron chi connectivity index (χ4n) is 3.76. The van der Waals surface area contributed by atoms with Gasteiger partial charge >= 0.3 is 0 Å². The molecular formula is C27H34O4Si. The van der Waals surface area contributed by atoms with E-state index in [1.165, 1.54) is 19.2 Å². The van der Waals surface area contributed by atoms with Crippen LogP contribution in [-0.2, 0) is 4.43 Å². The van der Waals surface area contributed by atoms with Crippen molar-refractivity contribution in [2.75, 3.05) is 7.11 Å². The van der Waals surface area contributed by atoms with Crippen LogP contribution in [0, 0.1) is 0 Å². The summed E-state index contributed by atoms with van der Waals surface area (Å²) < 4.78 is 12.5. The van der Waals surface area contributed by atoms with Gasteiger partial charge in [-0.05, 0) is 40.9 Å². The Morgan fingerprint density at radius 3 is 2.34 bits per heavy atom. The van der Waals surface area contributed by atoms with Crippen molar-refractivity contribution in [3.8, 4) is 28.4 Å². The Hall–Kier alpha value is -2.76. The molecule has 2 N–H and O–H groups in total. The molecular weight excluding hydrogens is 416 g/mol. The summed E-state index contributed by atoms with van der Waals surface area (Å²) in [7, 11) is -0.568. The van der Waals surface area contributed by atoms with Crippen LogP contribution in [-0.4, -0.2) is 25.6 Å². The Kier molecular flexibility index (Phi) is 6.72. The summed E-state index contributed by atoms with van der Waals surface area (Å²) in [6.45, 7) is 15.1. The number of ether oxygens (including phenoxy) is 1. The van der Waals surface area contributed by atoms with Crippen LogP contribution in [0.1, 0.15) is 38.9 Å². The van der Waals surface area contributed by atoms with Gasteiger partial charge in [0, 0.05) is 17.7 Å². The molecule has 0 amide bonds. The van der Waals surface area contributed by atoms with Crippen LogP contribution in [0.25, 0.3) is 21.9 Å². The molecule has 1 atom stereocenters. The van der Waals surface area contributed by atoms with Crippen molar-refractivity contribution in [2.45, 2.75) is 51.4 Å². The zero-order valence-electron chi connectivity index (χ0n) is 19.9. The van der Waals surface area contributed by atoms with Gasteiger partial charge in [-0.2, -0.15) is 0 Å². The summed E-state index contributed by atoms with van der Waals surface area (Å²) in [5.74, 6) is 0.318. The van der Waals surface area contributed by atoms with E-state index in [0.717, 1.165) is 21.9 Å². The number of hydrogen-bond donors (Lipinski definition) is 2. The minimum absolute atomic E-state index is 0.0378. The third kappa shape index (κ3) is 4.54. The Bertz CT molecular complexity index is 1130. The monoisotopic (exact) mass is 450 g/mol. The molecule has 0 bridgehead atoms. The third-order valence-electron chi connectivity index (χ3n) is 6.47. The van der Waals surface area contributed by atoms with Crippen LogP contribution in [0.15, 0.2) is 61.2 Å². The number of aromatic hydroxyl groups is 2. The first-order valence-electron chi connectivity index (χ1n) is 10.9. The molecule has 3 aromatic carbocycles. The lowest BCUT2D eigenvalue weighted by atomic mass is 9.89. The second-order valence-electron chi connectivity index (χ2n) is 9.68. The van der Waals surface area contributed by atoms with E-state index in [-0.39, 0.29) is 22.6 Å². The molecule has 3 rings (SSSR count). The molecule has 0 aliphatic heterocycles.